The minimum Gasteiger partial charge on any atom is -0.493 e. The number of hydrogen-bond donors (Lipinski definition) is 2. The molecule has 2 heterocycles. The Balaban J connectivity index is 1.30. The number of aromatic amines is 1. The first-order valence-electron chi connectivity index (χ1n) is 10.6. The zero-order valence-electron chi connectivity index (χ0n) is 17.0. The number of carbonyl (C=O) groups is 2. The monoisotopic (exact) mass is 412 g/mol. The summed E-state index contributed by atoms with van der Waals surface area (Å²) >= 11 is 0. The number of para-hydroxylation sites is 1. The van der Waals surface area contributed by atoms with Gasteiger partial charge in [0.1, 0.15) is 11.6 Å². The third kappa shape index (κ3) is 4.99. The van der Waals surface area contributed by atoms with Gasteiger partial charge in [0.05, 0.1) is 38.3 Å². The summed E-state index contributed by atoms with van der Waals surface area (Å²) in [6.07, 6.45) is 5.89. The lowest BCUT2D eigenvalue weighted by atomic mass is 9.81. The Morgan fingerprint density at radius 1 is 1.27 bits per heavy atom. The van der Waals surface area contributed by atoms with Crippen LogP contribution in [0, 0.1) is 5.92 Å². The summed E-state index contributed by atoms with van der Waals surface area (Å²) in [5.74, 6) is 1.43. The average Bonchev–Trinajstić information content (AvgIpc) is 3.31. The molecular weight excluding hydrogens is 384 g/mol. The van der Waals surface area contributed by atoms with Crippen molar-refractivity contribution in [2.24, 2.45) is 5.92 Å². The van der Waals surface area contributed by atoms with Crippen LogP contribution in [-0.4, -0.2) is 58.6 Å². The Bertz CT molecular complexity index is 827. The molecule has 1 saturated heterocycles. The van der Waals surface area contributed by atoms with Crippen molar-refractivity contribution in [3.05, 3.63) is 48.5 Å². The van der Waals surface area contributed by atoms with Crippen LogP contribution in [0.5, 0.6) is 5.75 Å². The van der Waals surface area contributed by atoms with E-state index < -0.39 is 0 Å². The molecule has 1 saturated carbocycles. The number of nitrogens with one attached hydrogen (secondary N) is 2. The summed E-state index contributed by atoms with van der Waals surface area (Å²) in [7, 11) is 0. The summed E-state index contributed by atoms with van der Waals surface area (Å²) in [4.78, 5) is 34.5. The number of amides is 2. The quantitative estimate of drug-likeness (QED) is 0.724. The van der Waals surface area contributed by atoms with E-state index in [9.17, 15) is 9.59 Å². The zero-order chi connectivity index (χ0) is 20.8. The summed E-state index contributed by atoms with van der Waals surface area (Å²) in [6.45, 7) is 1.82. The van der Waals surface area contributed by atoms with Gasteiger partial charge in [-0.05, 0) is 31.4 Å². The number of aromatic nitrogens is 2. The molecule has 2 aromatic rings. The highest BCUT2D eigenvalue weighted by atomic mass is 16.5. The summed E-state index contributed by atoms with van der Waals surface area (Å²) in [6, 6.07) is 9.43. The number of ether oxygens (including phenoxy) is 2. The molecule has 3 atom stereocenters. The van der Waals surface area contributed by atoms with Crippen LogP contribution >= 0.6 is 0 Å². The van der Waals surface area contributed by atoms with E-state index in [4.69, 9.17) is 9.47 Å². The predicted octanol–water partition coefficient (Wildman–Crippen LogP) is 1.89. The Hall–Kier alpha value is -2.87. The number of hydrogen-bond acceptors (Lipinski definition) is 5. The van der Waals surface area contributed by atoms with Gasteiger partial charge in [0.2, 0.25) is 11.8 Å². The number of morpholine rings is 1. The number of imidazole rings is 1. The molecule has 8 heteroatoms. The lowest BCUT2D eigenvalue weighted by Gasteiger charge is -2.45. The molecule has 1 aliphatic carbocycles. The molecule has 0 radical (unpaired) electrons. The van der Waals surface area contributed by atoms with Gasteiger partial charge in [-0.1, -0.05) is 18.2 Å². The first-order chi connectivity index (χ1) is 14.7. The molecule has 0 spiro atoms. The van der Waals surface area contributed by atoms with Gasteiger partial charge in [-0.2, -0.15) is 0 Å². The SMILES string of the molecule is O=C(NCc1ncc[nH]1)[C@H]1CC[C@H]2OCCN(C(=O)CCOc3ccccc3)[C@@H]2C1. The van der Waals surface area contributed by atoms with E-state index in [1.807, 2.05) is 35.2 Å². The highest BCUT2D eigenvalue weighted by Gasteiger charge is 2.41. The number of rotatable bonds is 7. The maximum absolute atomic E-state index is 12.9. The van der Waals surface area contributed by atoms with Gasteiger partial charge in [0.25, 0.3) is 0 Å². The second-order valence-electron chi connectivity index (χ2n) is 7.74. The Morgan fingerprint density at radius 3 is 2.93 bits per heavy atom. The van der Waals surface area contributed by atoms with E-state index in [0.29, 0.717) is 39.1 Å². The third-order valence-corrected chi connectivity index (χ3v) is 5.82. The molecule has 4 rings (SSSR count). The van der Waals surface area contributed by atoms with E-state index in [0.717, 1.165) is 24.4 Å². The molecular formula is C22H28N4O4. The molecule has 30 heavy (non-hydrogen) atoms. The van der Waals surface area contributed by atoms with E-state index in [2.05, 4.69) is 15.3 Å². The van der Waals surface area contributed by atoms with Gasteiger partial charge in [0.15, 0.2) is 0 Å². The van der Waals surface area contributed by atoms with E-state index in [-0.39, 0.29) is 29.9 Å². The summed E-state index contributed by atoms with van der Waals surface area (Å²) in [5.41, 5.74) is 0. The van der Waals surface area contributed by atoms with Crippen LogP contribution in [0.1, 0.15) is 31.5 Å². The molecule has 0 bridgehead atoms. The van der Waals surface area contributed by atoms with Crippen molar-refractivity contribution in [2.45, 2.75) is 44.4 Å². The molecule has 1 aromatic carbocycles. The van der Waals surface area contributed by atoms with Crippen molar-refractivity contribution >= 4 is 11.8 Å². The fourth-order valence-electron chi connectivity index (χ4n) is 4.28. The largest absolute Gasteiger partial charge is 0.493 e. The first kappa shape index (κ1) is 20.4. The minimum atomic E-state index is -0.126. The molecule has 2 fully saturated rings. The molecule has 8 nitrogen and oxygen atoms in total. The number of benzene rings is 1. The molecule has 0 unspecified atom stereocenters. The smallest absolute Gasteiger partial charge is 0.226 e. The zero-order valence-corrected chi connectivity index (χ0v) is 17.0. The number of H-pyrrole nitrogens is 1. The summed E-state index contributed by atoms with van der Waals surface area (Å²) < 4.78 is 11.6. The summed E-state index contributed by atoms with van der Waals surface area (Å²) in [5, 5.41) is 2.95. The number of nitrogens with zero attached hydrogens (tertiary/aromatic N) is 2. The highest BCUT2D eigenvalue weighted by Crippen LogP contribution is 2.33. The van der Waals surface area contributed by atoms with Gasteiger partial charge < -0.3 is 24.7 Å². The number of fused-ring (bicyclic) bond motifs is 1. The fourth-order valence-corrected chi connectivity index (χ4v) is 4.28. The molecule has 1 aliphatic heterocycles. The van der Waals surface area contributed by atoms with E-state index in [1.54, 1.807) is 12.4 Å². The standard InChI is InChI=1S/C22H28N4O4/c27-21(8-12-29-17-4-2-1-3-5-17)26-11-13-30-19-7-6-16(14-18(19)26)22(28)25-15-20-23-9-10-24-20/h1-5,9-10,16,18-19H,6-8,11-15H2,(H,23,24)(H,25,28)/t16-,18+,19+/m0/s1. The molecule has 160 valence electrons. The maximum atomic E-state index is 12.9. The van der Waals surface area contributed by atoms with E-state index in [1.165, 1.54) is 0 Å². The third-order valence-electron chi connectivity index (χ3n) is 5.82. The second-order valence-corrected chi connectivity index (χ2v) is 7.74. The van der Waals surface area contributed by atoms with Gasteiger partial charge >= 0.3 is 0 Å². The molecule has 2 aliphatic rings. The lowest BCUT2D eigenvalue weighted by molar-refractivity contribution is -0.154. The van der Waals surface area contributed by atoms with Crippen LogP contribution in [-0.2, 0) is 20.9 Å². The average molecular weight is 412 g/mol. The lowest BCUT2D eigenvalue weighted by Crippen LogP contribution is -2.57. The molecule has 1 aromatic heterocycles. The topological polar surface area (TPSA) is 96.5 Å². The van der Waals surface area contributed by atoms with Crippen LogP contribution in [0.15, 0.2) is 42.7 Å². The van der Waals surface area contributed by atoms with E-state index >= 15 is 0 Å². The van der Waals surface area contributed by atoms with Crippen LogP contribution in [0.4, 0.5) is 0 Å². The second kappa shape index (κ2) is 9.75. The highest BCUT2D eigenvalue weighted by molar-refractivity contribution is 5.79. The van der Waals surface area contributed by atoms with Crippen LogP contribution in [0.25, 0.3) is 0 Å². The van der Waals surface area contributed by atoms with Crippen molar-refractivity contribution in [1.82, 2.24) is 20.2 Å². The minimum absolute atomic E-state index is 0.00636. The normalized spacial score (nSPS) is 23.5. The first-order valence-corrected chi connectivity index (χ1v) is 10.6. The van der Waals surface area contributed by atoms with Crippen molar-refractivity contribution in [3.8, 4) is 5.75 Å². The van der Waals surface area contributed by atoms with Crippen molar-refractivity contribution in [3.63, 3.8) is 0 Å². The fraction of sp³-hybridized carbons (Fsp3) is 0.500. The van der Waals surface area contributed by atoms with Gasteiger partial charge in [0, 0.05) is 24.9 Å². The Morgan fingerprint density at radius 2 is 2.13 bits per heavy atom. The Labute approximate surface area is 176 Å². The van der Waals surface area contributed by atoms with Crippen molar-refractivity contribution < 1.29 is 19.1 Å². The van der Waals surface area contributed by atoms with Crippen molar-refractivity contribution in [1.29, 1.82) is 0 Å². The maximum Gasteiger partial charge on any atom is 0.226 e. The van der Waals surface area contributed by atoms with Gasteiger partial charge in [-0.25, -0.2) is 4.98 Å². The molecule has 2 amide bonds. The van der Waals surface area contributed by atoms with Crippen LogP contribution in [0.2, 0.25) is 0 Å². The molecule has 2 N–H and O–H groups in total. The Kier molecular flexibility index (Phi) is 6.63. The van der Waals surface area contributed by atoms with Crippen molar-refractivity contribution in [2.75, 3.05) is 19.8 Å². The van der Waals surface area contributed by atoms with Gasteiger partial charge in [-0.3, -0.25) is 9.59 Å². The number of carbonyl (C=O) groups excluding carboxylic acids is 2. The van der Waals surface area contributed by atoms with Gasteiger partial charge in [-0.15, -0.1) is 0 Å². The van der Waals surface area contributed by atoms with Crippen LogP contribution < -0.4 is 10.1 Å². The van der Waals surface area contributed by atoms with Crippen LogP contribution in [0.3, 0.4) is 0 Å². The predicted molar refractivity (Wildman–Crippen MR) is 110 cm³/mol.